The van der Waals surface area contributed by atoms with Gasteiger partial charge in [-0.1, -0.05) is 18.2 Å². The van der Waals surface area contributed by atoms with E-state index in [1.165, 1.54) is 0 Å². The summed E-state index contributed by atoms with van der Waals surface area (Å²) >= 11 is 1.65. The summed E-state index contributed by atoms with van der Waals surface area (Å²) in [4.78, 5) is 15.3. The second-order valence-corrected chi connectivity index (χ2v) is 6.15. The van der Waals surface area contributed by atoms with E-state index in [0.29, 0.717) is 6.54 Å². The Morgan fingerprint density at radius 3 is 3.10 bits per heavy atom. The van der Waals surface area contributed by atoms with E-state index in [0.717, 1.165) is 35.7 Å². The second kappa shape index (κ2) is 8.22. The van der Waals surface area contributed by atoms with Crippen LogP contribution in [0.15, 0.2) is 41.8 Å². The monoisotopic (exact) mass is 306 g/mol. The van der Waals surface area contributed by atoms with Crippen LogP contribution in [0.5, 0.6) is 0 Å². The molecule has 1 heterocycles. The number of likely N-dealkylation sites (tertiary alicyclic amines) is 1. The Morgan fingerprint density at radius 1 is 1.52 bits per heavy atom. The number of para-hydroxylation sites is 1. The van der Waals surface area contributed by atoms with E-state index in [9.17, 15) is 9.90 Å². The first-order valence-corrected chi connectivity index (χ1v) is 8.20. The summed E-state index contributed by atoms with van der Waals surface area (Å²) in [5, 5.41) is 12.3. The summed E-state index contributed by atoms with van der Waals surface area (Å²) in [5.41, 5.74) is 0.842. The first-order valence-electron chi connectivity index (χ1n) is 7.22. The molecule has 0 saturated carbocycles. The molecule has 2 rings (SSSR count). The molecule has 21 heavy (non-hydrogen) atoms. The van der Waals surface area contributed by atoms with Gasteiger partial charge in [-0.2, -0.15) is 0 Å². The fourth-order valence-corrected chi connectivity index (χ4v) is 3.28. The Bertz CT molecular complexity index is 493. The van der Waals surface area contributed by atoms with Crippen LogP contribution in [0.2, 0.25) is 0 Å². The van der Waals surface area contributed by atoms with Crippen molar-refractivity contribution in [2.45, 2.75) is 23.8 Å². The van der Waals surface area contributed by atoms with E-state index in [2.05, 4.69) is 16.8 Å². The Hall–Kier alpha value is -1.30. The number of carbonyl (C=O) groups excluding carboxylic acids is 1. The average molecular weight is 306 g/mol. The number of anilines is 1. The third kappa shape index (κ3) is 4.59. The Balaban J connectivity index is 1.94. The van der Waals surface area contributed by atoms with E-state index < -0.39 is 0 Å². The smallest absolute Gasteiger partial charge is 0.238 e. The molecule has 5 heteroatoms. The summed E-state index contributed by atoms with van der Waals surface area (Å²) < 4.78 is 0. The molecule has 0 unspecified atom stereocenters. The van der Waals surface area contributed by atoms with Crippen molar-refractivity contribution in [1.29, 1.82) is 0 Å². The van der Waals surface area contributed by atoms with Gasteiger partial charge >= 0.3 is 0 Å². The molecule has 0 spiro atoms. The van der Waals surface area contributed by atoms with Crippen molar-refractivity contribution in [3.63, 3.8) is 0 Å². The van der Waals surface area contributed by atoms with Gasteiger partial charge in [-0.3, -0.25) is 9.69 Å². The molecule has 1 aliphatic heterocycles. The van der Waals surface area contributed by atoms with Crippen molar-refractivity contribution >= 4 is 23.4 Å². The summed E-state index contributed by atoms with van der Waals surface area (Å²) in [5.74, 6) is 0.785. The van der Waals surface area contributed by atoms with E-state index in [1.807, 2.05) is 30.3 Å². The topological polar surface area (TPSA) is 52.6 Å². The lowest BCUT2D eigenvalue weighted by Crippen LogP contribution is -2.38. The van der Waals surface area contributed by atoms with Gasteiger partial charge in [-0.05, 0) is 31.5 Å². The van der Waals surface area contributed by atoms with Crippen LogP contribution in [-0.2, 0) is 4.79 Å². The van der Waals surface area contributed by atoms with E-state index in [1.54, 1.807) is 11.8 Å². The molecule has 0 aliphatic carbocycles. The average Bonchev–Trinajstić information content (AvgIpc) is 2.93. The van der Waals surface area contributed by atoms with Crippen LogP contribution >= 0.6 is 11.8 Å². The number of aliphatic hydroxyl groups is 1. The van der Waals surface area contributed by atoms with Crippen LogP contribution in [0.3, 0.4) is 0 Å². The van der Waals surface area contributed by atoms with E-state index >= 15 is 0 Å². The third-order valence-corrected chi connectivity index (χ3v) is 4.64. The predicted octanol–water partition coefficient (Wildman–Crippen LogP) is 2.36. The van der Waals surface area contributed by atoms with Gasteiger partial charge in [0.1, 0.15) is 0 Å². The Kier molecular flexibility index (Phi) is 6.29. The molecular formula is C16H22N2O2S. The maximum absolute atomic E-state index is 12.2. The van der Waals surface area contributed by atoms with E-state index in [4.69, 9.17) is 0 Å². The van der Waals surface area contributed by atoms with Crippen LogP contribution in [-0.4, -0.2) is 47.4 Å². The van der Waals surface area contributed by atoms with Gasteiger partial charge in [0.25, 0.3) is 0 Å². The molecule has 1 atom stereocenters. The zero-order valence-corrected chi connectivity index (χ0v) is 12.9. The van der Waals surface area contributed by atoms with Crippen molar-refractivity contribution in [3.8, 4) is 0 Å². The van der Waals surface area contributed by atoms with Crippen LogP contribution < -0.4 is 5.32 Å². The predicted molar refractivity (Wildman–Crippen MR) is 87.7 cm³/mol. The molecule has 1 aliphatic rings. The first kappa shape index (κ1) is 16.1. The quantitative estimate of drug-likeness (QED) is 0.600. The third-order valence-electron chi connectivity index (χ3n) is 3.57. The van der Waals surface area contributed by atoms with Crippen LogP contribution in [0.4, 0.5) is 5.69 Å². The number of carbonyl (C=O) groups is 1. The van der Waals surface area contributed by atoms with Gasteiger partial charge in [-0.15, -0.1) is 18.3 Å². The molecule has 1 amide bonds. The van der Waals surface area contributed by atoms with Gasteiger partial charge in [0.2, 0.25) is 5.91 Å². The summed E-state index contributed by atoms with van der Waals surface area (Å²) in [6, 6.07) is 7.91. The highest BCUT2D eigenvalue weighted by Gasteiger charge is 2.25. The Labute approximate surface area is 130 Å². The van der Waals surface area contributed by atoms with Gasteiger partial charge < -0.3 is 10.4 Å². The number of benzene rings is 1. The molecular weight excluding hydrogens is 284 g/mol. The highest BCUT2D eigenvalue weighted by atomic mass is 32.2. The zero-order chi connectivity index (χ0) is 15.1. The van der Waals surface area contributed by atoms with Crippen molar-refractivity contribution in [3.05, 3.63) is 36.9 Å². The number of nitrogens with one attached hydrogen (secondary N) is 1. The minimum Gasteiger partial charge on any atom is -0.395 e. The molecule has 0 aromatic heterocycles. The molecule has 0 radical (unpaired) electrons. The number of amides is 1. The zero-order valence-electron chi connectivity index (χ0n) is 12.1. The van der Waals surface area contributed by atoms with Gasteiger partial charge in [0, 0.05) is 16.7 Å². The fourth-order valence-electron chi connectivity index (χ4n) is 2.53. The number of hydrogen-bond acceptors (Lipinski definition) is 4. The van der Waals surface area contributed by atoms with Crippen LogP contribution in [0.1, 0.15) is 12.8 Å². The SMILES string of the molecule is C=CCSc1ccccc1NC(=O)CN1CCC[C@@H]1CO. The van der Waals surface area contributed by atoms with Crippen molar-refractivity contribution in [2.24, 2.45) is 0 Å². The van der Waals surface area contributed by atoms with Crippen molar-refractivity contribution in [2.75, 3.05) is 30.8 Å². The number of hydrogen-bond donors (Lipinski definition) is 2. The molecule has 114 valence electrons. The van der Waals surface area contributed by atoms with Crippen molar-refractivity contribution in [1.82, 2.24) is 4.90 Å². The molecule has 1 fully saturated rings. The standard InChI is InChI=1S/C16H22N2O2S/c1-2-10-21-15-8-4-3-7-14(15)17-16(20)11-18-9-5-6-13(18)12-19/h2-4,7-8,13,19H,1,5-6,9-12H2,(H,17,20)/t13-/m1/s1. The van der Waals surface area contributed by atoms with Crippen LogP contribution in [0, 0.1) is 0 Å². The first-order chi connectivity index (χ1) is 10.2. The Morgan fingerprint density at radius 2 is 2.33 bits per heavy atom. The fraction of sp³-hybridized carbons (Fsp3) is 0.438. The summed E-state index contributed by atoms with van der Waals surface area (Å²) in [6.45, 7) is 5.06. The minimum absolute atomic E-state index is 0.0259. The molecule has 4 nitrogen and oxygen atoms in total. The largest absolute Gasteiger partial charge is 0.395 e. The molecule has 2 N–H and O–H groups in total. The lowest BCUT2D eigenvalue weighted by atomic mass is 10.2. The summed E-state index contributed by atoms with van der Waals surface area (Å²) in [6.07, 6.45) is 3.86. The highest BCUT2D eigenvalue weighted by molar-refractivity contribution is 7.99. The maximum atomic E-state index is 12.2. The number of nitrogens with zero attached hydrogens (tertiary/aromatic N) is 1. The normalized spacial score (nSPS) is 18.6. The number of aliphatic hydroxyl groups excluding tert-OH is 1. The molecule has 1 saturated heterocycles. The number of thioether (sulfide) groups is 1. The van der Waals surface area contributed by atoms with Gasteiger partial charge in [0.05, 0.1) is 18.8 Å². The van der Waals surface area contributed by atoms with E-state index in [-0.39, 0.29) is 18.6 Å². The lowest BCUT2D eigenvalue weighted by molar-refractivity contribution is -0.117. The number of rotatable bonds is 7. The second-order valence-electron chi connectivity index (χ2n) is 5.09. The molecule has 1 aromatic carbocycles. The molecule has 0 bridgehead atoms. The van der Waals surface area contributed by atoms with Crippen LogP contribution in [0.25, 0.3) is 0 Å². The van der Waals surface area contributed by atoms with Gasteiger partial charge in [0.15, 0.2) is 0 Å². The minimum atomic E-state index is -0.0259. The molecule has 1 aromatic rings. The highest BCUT2D eigenvalue weighted by Crippen LogP contribution is 2.27. The maximum Gasteiger partial charge on any atom is 0.238 e. The lowest BCUT2D eigenvalue weighted by Gasteiger charge is -2.22. The van der Waals surface area contributed by atoms with Gasteiger partial charge in [-0.25, -0.2) is 0 Å². The van der Waals surface area contributed by atoms with Crippen molar-refractivity contribution < 1.29 is 9.90 Å². The summed E-state index contributed by atoms with van der Waals surface area (Å²) in [7, 11) is 0.